The molecule has 1 unspecified atom stereocenters. The molecule has 1 aromatic rings. The van der Waals surface area contributed by atoms with Gasteiger partial charge in [0.1, 0.15) is 17.5 Å². The third-order valence-corrected chi connectivity index (χ3v) is 2.95. The fraction of sp³-hybridized carbons (Fsp3) is 0.667. The molecule has 0 radical (unpaired) electrons. The van der Waals surface area contributed by atoms with E-state index in [9.17, 15) is 0 Å². The first-order valence-electron chi connectivity index (χ1n) is 6.19. The molecule has 5 heteroatoms. The lowest BCUT2D eigenvalue weighted by atomic mass is 10.2. The van der Waals surface area contributed by atoms with Gasteiger partial charge in [0.2, 0.25) is 0 Å². The van der Waals surface area contributed by atoms with Gasteiger partial charge in [-0.2, -0.15) is 0 Å². The molecule has 0 amide bonds. The number of nitrogens with two attached hydrogens (primary N) is 1. The van der Waals surface area contributed by atoms with E-state index in [0.29, 0.717) is 11.9 Å². The minimum atomic E-state index is 0.463. The standard InChI is InChI=1S/C12H23N5/c1-5-7-9(3)17(4)12-8-11(16-13)14-10(6-2)15-12/h8-9H,5-7,13H2,1-4H3,(H,14,15,16). The fourth-order valence-electron chi connectivity index (χ4n) is 1.73. The highest BCUT2D eigenvalue weighted by molar-refractivity contribution is 5.48. The first kappa shape index (κ1) is 13.7. The van der Waals surface area contributed by atoms with Gasteiger partial charge in [-0.15, -0.1) is 0 Å². The van der Waals surface area contributed by atoms with Crippen LogP contribution < -0.4 is 16.2 Å². The molecule has 0 aliphatic carbocycles. The Bertz CT molecular complexity index is 330. The summed E-state index contributed by atoms with van der Waals surface area (Å²) in [6.07, 6.45) is 3.12. The van der Waals surface area contributed by atoms with Crippen molar-refractivity contribution in [3.63, 3.8) is 0 Å². The van der Waals surface area contributed by atoms with E-state index in [1.165, 1.54) is 6.42 Å². The van der Waals surface area contributed by atoms with Crippen LogP contribution in [0.2, 0.25) is 0 Å². The van der Waals surface area contributed by atoms with E-state index in [2.05, 4.69) is 41.2 Å². The molecule has 1 rings (SSSR count). The van der Waals surface area contributed by atoms with Crippen LogP contribution in [0.5, 0.6) is 0 Å². The van der Waals surface area contributed by atoms with Gasteiger partial charge in [0.25, 0.3) is 0 Å². The minimum Gasteiger partial charge on any atom is -0.357 e. The monoisotopic (exact) mass is 237 g/mol. The first-order valence-corrected chi connectivity index (χ1v) is 6.19. The molecule has 1 atom stereocenters. The van der Waals surface area contributed by atoms with Crippen molar-refractivity contribution in [2.45, 2.75) is 46.1 Å². The second-order valence-corrected chi connectivity index (χ2v) is 4.27. The van der Waals surface area contributed by atoms with Crippen LogP contribution in [0.25, 0.3) is 0 Å². The number of rotatable bonds is 6. The topological polar surface area (TPSA) is 67.1 Å². The Kier molecular flexibility index (Phi) is 5.15. The molecule has 96 valence electrons. The van der Waals surface area contributed by atoms with Crippen LogP contribution in [0.1, 0.15) is 39.4 Å². The van der Waals surface area contributed by atoms with E-state index in [-0.39, 0.29) is 0 Å². The maximum Gasteiger partial charge on any atom is 0.145 e. The van der Waals surface area contributed by atoms with Gasteiger partial charge < -0.3 is 10.3 Å². The SMILES string of the molecule is CCCC(C)N(C)c1cc(NN)nc(CC)n1. The lowest BCUT2D eigenvalue weighted by molar-refractivity contribution is 0.609. The number of aromatic nitrogens is 2. The molecule has 3 N–H and O–H groups in total. The Labute approximate surface area is 103 Å². The van der Waals surface area contributed by atoms with Crippen LogP contribution in [-0.4, -0.2) is 23.1 Å². The molecule has 1 aromatic heterocycles. The lowest BCUT2D eigenvalue weighted by Gasteiger charge is -2.26. The third kappa shape index (κ3) is 3.56. The highest BCUT2D eigenvalue weighted by atomic mass is 15.3. The molecule has 0 bridgehead atoms. The van der Waals surface area contributed by atoms with Crippen LogP contribution in [-0.2, 0) is 6.42 Å². The molecular weight excluding hydrogens is 214 g/mol. The van der Waals surface area contributed by atoms with Gasteiger partial charge in [-0.25, -0.2) is 15.8 Å². The summed E-state index contributed by atoms with van der Waals surface area (Å²) in [4.78, 5) is 11.0. The van der Waals surface area contributed by atoms with Crippen molar-refractivity contribution in [2.75, 3.05) is 17.4 Å². The molecule has 0 aromatic carbocycles. The molecule has 0 aliphatic heterocycles. The summed E-state index contributed by atoms with van der Waals surface area (Å²) < 4.78 is 0. The van der Waals surface area contributed by atoms with Gasteiger partial charge in [-0.05, 0) is 13.3 Å². The molecule has 0 aliphatic rings. The Balaban J connectivity index is 2.95. The average molecular weight is 237 g/mol. The second kappa shape index (κ2) is 6.39. The number of hydrazine groups is 1. The number of nitrogens with zero attached hydrogens (tertiary/aromatic N) is 3. The predicted octanol–water partition coefficient (Wildman–Crippen LogP) is 1.95. The van der Waals surface area contributed by atoms with Crippen LogP contribution in [0.15, 0.2) is 6.07 Å². The van der Waals surface area contributed by atoms with E-state index in [0.717, 1.165) is 24.5 Å². The van der Waals surface area contributed by atoms with E-state index >= 15 is 0 Å². The highest BCUT2D eigenvalue weighted by Gasteiger charge is 2.12. The van der Waals surface area contributed by atoms with Crippen molar-refractivity contribution in [3.8, 4) is 0 Å². The molecule has 0 spiro atoms. The molecule has 5 nitrogen and oxygen atoms in total. The van der Waals surface area contributed by atoms with E-state index in [1.54, 1.807) is 0 Å². The summed E-state index contributed by atoms with van der Waals surface area (Å²) in [6, 6.07) is 2.34. The number of hydrogen-bond donors (Lipinski definition) is 2. The van der Waals surface area contributed by atoms with Crippen LogP contribution in [0.3, 0.4) is 0 Å². The Morgan fingerprint density at radius 3 is 2.65 bits per heavy atom. The van der Waals surface area contributed by atoms with Crippen molar-refractivity contribution in [1.82, 2.24) is 9.97 Å². The van der Waals surface area contributed by atoms with Crippen molar-refractivity contribution in [2.24, 2.45) is 5.84 Å². The Morgan fingerprint density at radius 2 is 2.12 bits per heavy atom. The van der Waals surface area contributed by atoms with Crippen molar-refractivity contribution >= 4 is 11.6 Å². The summed E-state index contributed by atoms with van der Waals surface area (Å²) >= 11 is 0. The van der Waals surface area contributed by atoms with Crippen molar-refractivity contribution < 1.29 is 0 Å². The zero-order valence-corrected chi connectivity index (χ0v) is 11.2. The third-order valence-electron chi connectivity index (χ3n) is 2.95. The Hall–Kier alpha value is -1.36. The first-order chi connectivity index (χ1) is 8.12. The number of aryl methyl sites for hydroxylation is 1. The number of hydrogen-bond acceptors (Lipinski definition) is 5. The smallest absolute Gasteiger partial charge is 0.145 e. The number of nitrogens with one attached hydrogen (secondary N) is 1. The average Bonchev–Trinajstić information content (AvgIpc) is 2.37. The summed E-state index contributed by atoms with van der Waals surface area (Å²) in [6.45, 7) is 6.43. The fourth-order valence-corrected chi connectivity index (χ4v) is 1.73. The zero-order chi connectivity index (χ0) is 12.8. The molecule has 0 saturated carbocycles. The van der Waals surface area contributed by atoms with E-state index < -0.39 is 0 Å². The van der Waals surface area contributed by atoms with Crippen molar-refractivity contribution in [1.29, 1.82) is 0 Å². The normalized spacial score (nSPS) is 12.3. The van der Waals surface area contributed by atoms with Gasteiger partial charge in [0, 0.05) is 25.6 Å². The summed E-state index contributed by atoms with van der Waals surface area (Å²) in [5.74, 6) is 7.82. The lowest BCUT2D eigenvalue weighted by Crippen LogP contribution is -2.30. The maximum absolute atomic E-state index is 5.42. The summed E-state index contributed by atoms with van der Waals surface area (Å²) in [5, 5.41) is 0. The van der Waals surface area contributed by atoms with Gasteiger partial charge >= 0.3 is 0 Å². The molecular formula is C12H23N5. The predicted molar refractivity (Wildman–Crippen MR) is 72.0 cm³/mol. The summed E-state index contributed by atoms with van der Waals surface area (Å²) in [7, 11) is 2.06. The van der Waals surface area contributed by atoms with Crippen LogP contribution in [0.4, 0.5) is 11.6 Å². The maximum atomic E-state index is 5.42. The zero-order valence-electron chi connectivity index (χ0n) is 11.2. The molecule has 17 heavy (non-hydrogen) atoms. The summed E-state index contributed by atoms with van der Waals surface area (Å²) in [5.41, 5.74) is 2.59. The number of nitrogen functional groups attached to an aromatic ring is 1. The second-order valence-electron chi connectivity index (χ2n) is 4.27. The molecule has 0 saturated heterocycles. The highest BCUT2D eigenvalue weighted by Crippen LogP contribution is 2.18. The van der Waals surface area contributed by atoms with Crippen LogP contribution in [0, 0.1) is 0 Å². The van der Waals surface area contributed by atoms with Gasteiger partial charge in [0.15, 0.2) is 0 Å². The quantitative estimate of drug-likeness (QED) is 0.584. The van der Waals surface area contributed by atoms with E-state index in [1.807, 2.05) is 13.0 Å². The minimum absolute atomic E-state index is 0.463. The largest absolute Gasteiger partial charge is 0.357 e. The van der Waals surface area contributed by atoms with E-state index in [4.69, 9.17) is 5.84 Å². The molecule has 0 fully saturated rings. The van der Waals surface area contributed by atoms with Gasteiger partial charge in [-0.3, -0.25) is 0 Å². The Morgan fingerprint density at radius 1 is 1.41 bits per heavy atom. The van der Waals surface area contributed by atoms with Gasteiger partial charge in [0.05, 0.1) is 0 Å². The van der Waals surface area contributed by atoms with Crippen molar-refractivity contribution in [3.05, 3.63) is 11.9 Å². The molecule has 1 heterocycles. The van der Waals surface area contributed by atoms with Gasteiger partial charge in [-0.1, -0.05) is 20.3 Å². The number of anilines is 2. The van der Waals surface area contributed by atoms with Crippen LogP contribution >= 0.6 is 0 Å².